The average Bonchev–Trinajstić information content (AvgIpc) is 3.80. The second kappa shape index (κ2) is 16.9. The number of hydrogen-bond donors (Lipinski definition) is 2. The van der Waals surface area contributed by atoms with Crippen molar-refractivity contribution < 1.29 is 28.2 Å². The van der Waals surface area contributed by atoms with Gasteiger partial charge in [0.05, 0.1) is 53.4 Å². The van der Waals surface area contributed by atoms with Crippen molar-refractivity contribution in [2.45, 2.75) is 84.5 Å². The van der Waals surface area contributed by atoms with E-state index in [0.29, 0.717) is 43.8 Å². The number of pyridine rings is 1. The summed E-state index contributed by atoms with van der Waals surface area (Å²) in [7, 11) is 3.87. The summed E-state index contributed by atoms with van der Waals surface area (Å²) >= 11 is 1.44. The number of anilines is 1. The number of nitrogens with zero attached hydrogens (tertiary/aromatic N) is 6. The van der Waals surface area contributed by atoms with Crippen molar-refractivity contribution in [3.63, 3.8) is 0 Å². The van der Waals surface area contributed by atoms with E-state index in [0.717, 1.165) is 76.5 Å². The van der Waals surface area contributed by atoms with Crippen LogP contribution in [-0.2, 0) is 43.2 Å². The van der Waals surface area contributed by atoms with Gasteiger partial charge in [0.15, 0.2) is 0 Å². The van der Waals surface area contributed by atoms with Gasteiger partial charge in [-0.2, -0.15) is 0 Å². The number of alkyl halides is 1. The van der Waals surface area contributed by atoms with Crippen molar-refractivity contribution in [3.8, 4) is 22.5 Å². The van der Waals surface area contributed by atoms with E-state index in [9.17, 15) is 18.8 Å². The zero-order valence-corrected chi connectivity index (χ0v) is 35.9. The third-order valence-electron chi connectivity index (χ3n) is 12.5. The predicted octanol–water partition coefficient (Wildman–Crippen LogP) is 5.56. The number of ether oxygens (including phenoxy) is 2. The molecule has 4 aliphatic rings. The number of rotatable bonds is 8. The number of amides is 2. The standard InChI is InChI=1S/C44H57FN8O5S/c1-7-52-37-11-10-27-17-31(37)33(40(52)32-19-29(23-46-39(32)26(2)57-6)51-15-13-50(5)14-16-51)21-44(3,4)25-58-43(56)34-9-8-12-53(49-34)42(55)35(20-38-47-36(27)24-59-38)48-41(54)30-18-28(30)22-45/h10-11,17,19,23-24,26,28,30,34-35,49H,7-9,12-16,18,20-22,25H2,1-6H3,(H,48,54)/t26-,28+,30-,34-,35-/m0/s1. The maximum absolute atomic E-state index is 14.1. The minimum absolute atomic E-state index is 0.155. The number of likely N-dealkylation sites (N-methyl/N-ethyl adjacent to an activating group) is 1. The molecule has 5 atom stereocenters. The minimum atomic E-state index is -0.948. The number of halogens is 1. The molecule has 1 aliphatic carbocycles. The number of aromatic nitrogens is 3. The van der Waals surface area contributed by atoms with Gasteiger partial charge < -0.3 is 29.2 Å². The van der Waals surface area contributed by atoms with E-state index in [1.54, 1.807) is 7.11 Å². The molecular weight excluding hydrogens is 772 g/mol. The largest absolute Gasteiger partial charge is 0.464 e. The molecule has 1 saturated carbocycles. The average molecular weight is 829 g/mol. The summed E-state index contributed by atoms with van der Waals surface area (Å²) in [4.78, 5) is 56.0. The monoisotopic (exact) mass is 828 g/mol. The molecule has 2 N–H and O–H groups in total. The third-order valence-corrected chi connectivity index (χ3v) is 13.4. The van der Waals surface area contributed by atoms with E-state index >= 15 is 0 Å². The van der Waals surface area contributed by atoms with E-state index in [4.69, 9.17) is 19.4 Å². The molecule has 6 bridgehead atoms. The summed E-state index contributed by atoms with van der Waals surface area (Å²) in [6, 6.07) is 7.06. The first-order chi connectivity index (χ1) is 28.4. The fraction of sp³-hybridized carbons (Fsp3) is 0.568. The summed E-state index contributed by atoms with van der Waals surface area (Å²) in [5.41, 5.74) is 10.6. The lowest BCUT2D eigenvalue weighted by Crippen LogP contribution is -2.60. The fourth-order valence-electron chi connectivity index (χ4n) is 8.86. The van der Waals surface area contributed by atoms with Crippen LogP contribution in [0.2, 0.25) is 0 Å². The molecule has 0 spiro atoms. The zero-order chi connectivity index (χ0) is 41.6. The molecule has 6 heterocycles. The number of carbonyl (C=O) groups excluding carboxylic acids is 3. The van der Waals surface area contributed by atoms with Gasteiger partial charge in [-0.1, -0.05) is 19.9 Å². The molecule has 4 aromatic rings. The van der Waals surface area contributed by atoms with Crippen LogP contribution in [0, 0.1) is 17.3 Å². The third kappa shape index (κ3) is 8.48. The molecule has 3 aliphatic heterocycles. The van der Waals surface area contributed by atoms with Gasteiger partial charge in [-0.05, 0) is 76.3 Å². The Balaban J connectivity index is 1.25. The van der Waals surface area contributed by atoms with Gasteiger partial charge in [0.2, 0.25) is 5.91 Å². The Bertz CT molecular complexity index is 2220. The minimum Gasteiger partial charge on any atom is -0.464 e. The molecule has 0 radical (unpaired) electrons. The molecule has 2 saturated heterocycles. The smallest absolute Gasteiger partial charge is 0.324 e. The SMILES string of the molecule is CCn1c(-c2cc(N3CCN(C)CC3)cnc2[C@H](C)OC)c2c3cc(ccc31)-c1csc(n1)C[C@H](NC(=O)[C@H]1C[C@@H]1CF)C(=O)N1CCC[C@H](N1)C(=O)OCC(C)(C)C2. The quantitative estimate of drug-likeness (QED) is 0.218. The summed E-state index contributed by atoms with van der Waals surface area (Å²) in [5.74, 6) is -1.89. The molecule has 3 aromatic heterocycles. The van der Waals surface area contributed by atoms with Crippen LogP contribution in [-0.4, -0.2) is 114 Å². The second-order valence-corrected chi connectivity index (χ2v) is 18.5. The van der Waals surface area contributed by atoms with Crippen molar-refractivity contribution in [1.29, 1.82) is 0 Å². The predicted molar refractivity (Wildman–Crippen MR) is 227 cm³/mol. The maximum atomic E-state index is 14.1. The van der Waals surface area contributed by atoms with Gasteiger partial charge >= 0.3 is 5.97 Å². The first kappa shape index (κ1) is 41.3. The zero-order valence-electron chi connectivity index (χ0n) is 35.1. The normalized spacial score (nSPS) is 24.5. The first-order valence-electron chi connectivity index (χ1n) is 21.0. The molecule has 316 valence electrons. The number of piperazine rings is 1. The maximum Gasteiger partial charge on any atom is 0.324 e. The van der Waals surface area contributed by atoms with Crippen LogP contribution >= 0.6 is 11.3 Å². The van der Waals surface area contributed by atoms with Crippen LogP contribution in [0.25, 0.3) is 33.4 Å². The van der Waals surface area contributed by atoms with Crippen LogP contribution in [0.15, 0.2) is 35.8 Å². The molecular formula is C44H57FN8O5S. The number of carbonyl (C=O) groups is 3. The highest BCUT2D eigenvalue weighted by Gasteiger charge is 2.45. The topological polar surface area (TPSA) is 134 Å². The molecule has 3 fully saturated rings. The molecule has 8 rings (SSSR count). The van der Waals surface area contributed by atoms with E-state index in [2.05, 4.69) is 77.2 Å². The number of benzene rings is 1. The van der Waals surface area contributed by atoms with E-state index in [1.807, 2.05) is 18.5 Å². The lowest BCUT2D eigenvalue weighted by molar-refractivity contribution is -0.155. The van der Waals surface area contributed by atoms with Gasteiger partial charge in [-0.3, -0.25) is 28.8 Å². The van der Waals surface area contributed by atoms with Gasteiger partial charge in [-0.15, -0.1) is 11.3 Å². The van der Waals surface area contributed by atoms with Crippen LogP contribution in [0.3, 0.4) is 0 Å². The van der Waals surface area contributed by atoms with Crippen molar-refractivity contribution in [3.05, 3.63) is 52.1 Å². The number of hydrogen-bond acceptors (Lipinski definition) is 11. The Kier molecular flexibility index (Phi) is 11.8. The fourth-order valence-corrected chi connectivity index (χ4v) is 9.71. The summed E-state index contributed by atoms with van der Waals surface area (Å²) in [6.45, 7) is 12.9. The summed E-state index contributed by atoms with van der Waals surface area (Å²) in [5, 5.41) is 8.12. The number of fused-ring (bicyclic) bond motifs is 6. The number of nitrogens with one attached hydrogen (secondary N) is 2. The van der Waals surface area contributed by atoms with Crippen LogP contribution < -0.4 is 15.6 Å². The highest BCUT2D eigenvalue weighted by atomic mass is 32.1. The summed E-state index contributed by atoms with van der Waals surface area (Å²) in [6.07, 6.45) is 4.02. The van der Waals surface area contributed by atoms with Crippen LogP contribution in [0.1, 0.15) is 69.3 Å². The molecule has 15 heteroatoms. The number of cyclic esters (lactones) is 1. The van der Waals surface area contributed by atoms with Gasteiger partial charge in [0, 0.05) is 91.5 Å². The Morgan fingerprint density at radius 1 is 1.17 bits per heavy atom. The number of aryl methyl sites for hydroxylation is 1. The van der Waals surface area contributed by atoms with Crippen molar-refractivity contribution in [2.75, 3.05) is 65.1 Å². The lowest BCUT2D eigenvalue weighted by Gasteiger charge is -2.35. The van der Waals surface area contributed by atoms with E-state index in [-0.39, 0.29) is 36.9 Å². The highest BCUT2D eigenvalue weighted by Crippen LogP contribution is 2.43. The van der Waals surface area contributed by atoms with Crippen LogP contribution in [0.5, 0.6) is 0 Å². The van der Waals surface area contributed by atoms with Gasteiger partial charge in [-0.25, -0.2) is 10.4 Å². The summed E-state index contributed by atoms with van der Waals surface area (Å²) < 4.78 is 27.8. The van der Waals surface area contributed by atoms with E-state index < -0.39 is 36.1 Å². The van der Waals surface area contributed by atoms with Crippen molar-refractivity contribution in [1.82, 2.24) is 35.2 Å². The van der Waals surface area contributed by atoms with Crippen molar-refractivity contribution >= 4 is 45.7 Å². The number of hydrazine groups is 1. The van der Waals surface area contributed by atoms with Gasteiger partial charge in [0.1, 0.15) is 12.1 Å². The van der Waals surface area contributed by atoms with Gasteiger partial charge in [0.25, 0.3) is 5.91 Å². The molecule has 1 aromatic carbocycles. The van der Waals surface area contributed by atoms with Crippen LogP contribution in [0.4, 0.5) is 10.1 Å². The number of esters is 1. The molecule has 0 unspecified atom stereocenters. The molecule has 2 amide bonds. The Morgan fingerprint density at radius 3 is 2.69 bits per heavy atom. The highest BCUT2D eigenvalue weighted by molar-refractivity contribution is 7.10. The Labute approximate surface area is 349 Å². The lowest BCUT2D eigenvalue weighted by atomic mass is 9.84. The number of methoxy groups -OCH3 is 1. The van der Waals surface area contributed by atoms with E-state index in [1.165, 1.54) is 16.3 Å². The molecule has 13 nitrogen and oxygen atoms in total. The molecule has 59 heavy (non-hydrogen) atoms. The van der Waals surface area contributed by atoms with Crippen molar-refractivity contribution in [2.24, 2.45) is 17.3 Å². The Morgan fingerprint density at radius 2 is 1.97 bits per heavy atom. The Hall–Kier alpha value is -4.44. The number of thiazole rings is 1. The first-order valence-corrected chi connectivity index (χ1v) is 21.9. The second-order valence-electron chi connectivity index (χ2n) is 17.5.